The predicted octanol–water partition coefficient (Wildman–Crippen LogP) is 3.68. The minimum absolute atomic E-state index is 0.295. The van der Waals surface area contributed by atoms with E-state index in [9.17, 15) is 4.79 Å². The van der Waals surface area contributed by atoms with Gasteiger partial charge in [0.25, 0.3) is 0 Å². The van der Waals surface area contributed by atoms with E-state index >= 15 is 0 Å². The summed E-state index contributed by atoms with van der Waals surface area (Å²) in [5.41, 5.74) is 1.83. The van der Waals surface area contributed by atoms with Crippen molar-refractivity contribution < 1.29 is 14.4 Å². The molecule has 0 fully saturated rings. The van der Waals surface area contributed by atoms with Gasteiger partial charge in [0, 0.05) is 12.0 Å². The van der Waals surface area contributed by atoms with Crippen molar-refractivity contribution in [3.8, 4) is 5.75 Å². The summed E-state index contributed by atoms with van der Waals surface area (Å²) < 4.78 is 5.52. The molecule has 1 heterocycles. The van der Waals surface area contributed by atoms with Gasteiger partial charge in [0.05, 0.1) is 22.9 Å². The van der Waals surface area contributed by atoms with E-state index in [1.54, 1.807) is 24.3 Å². The number of fused-ring (bicyclic) bond motifs is 1. The van der Waals surface area contributed by atoms with Crippen LogP contribution in [-0.4, -0.2) is 18.3 Å². The molecule has 0 saturated heterocycles. The quantitative estimate of drug-likeness (QED) is 0.628. The van der Waals surface area contributed by atoms with Crippen LogP contribution in [0.15, 0.2) is 53.7 Å². The molecule has 0 atom stereocenters. The molecule has 3 rings (SSSR count). The van der Waals surface area contributed by atoms with Crippen molar-refractivity contribution >= 4 is 23.3 Å². The van der Waals surface area contributed by atoms with E-state index in [0.717, 1.165) is 11.3 Å². The first-order valence-corrected chi connectivity index (χ1v) is 6.88. The van der Waals surface area contributed by atoms with E-state index in [0.29, 0.717) is 29.3 Å². The molecule has 0 radical (unpaired) electrons. The molecule has 0 aromatic heterocycles. The number of benzene rings is 2. The number of carbonyl (C=O) groups excluding carboxylic acids is 1. The van der Waals surface area contributed by atoms with Crippen LogP contribution in [0.2, 0.25) is 5.02 Å². The van der Waals surface area contributed by atoms with Gasteiger partial charge in [-0.2, -0.15) is 0 Å². The highest BCUT2D eigenvalue weighted by Gasteiger charge is 2.18. The molecule has 0 N–H and O–H groups in total. The van der Waals surface area contributed by atoms with Gasteiger partial charge in [-0.25, -0.2) is 4.79 Å². The molecule has 1 aliphatic heterocycles. The van der Waals surface area contributed by atoms with Gasteiger partial charge in [0.2, 0.25) is 0 Å². The van der Waals surface area contributed by atoms with E-state index in [1.165, 1.54) is 0 Å². The molecule has 0 spiro atoms. The number of ether oxygens (including phenoxy) is 1. The van der Waals surface area contributed by atoms with E-state index in [4.69, 9.17) is 21.2 Å². The molecule has 0 amide bonds. The highest BCUT2D eigenvalue weighted by atomic mass is 35.5. The van der Waals surface area contributed by atoms with Gasteiger partial charge in [-0.15, -0.1) is 0 Å². The van der Waals surface area contributed by atoms with Crippen molar-refractivity contribution in [1.29, 1.82) is 0 Å². The number of oxime groups is 1. The number of nitrogens with zero attached hydrogens (tertiary/aromatic N) is 1. The average Bonchev–Trinajstić information content (AvgIpc) is 2.53. The monoisotopic (exact) mass is 301 g/mol. The fourth-order valence-electron chi connectivity index (χ4n) is 2.09. The van der Waals surface area contributed by atoms with Crippen LogP contribution >= 0.6 is 11.6 Å². The standard InChI is InChI=1S/C16H12ClNO3/c17-13-7-3-1-5-11(13)16(19)21-18-14-9-10-20-15-8-4-2-6-12(14)15/h1-8H,9-10H2/b18-14+. The number of halogens is 1. The zero-order valence-electron chi connectivity index (χ0n) is 11.1. The van der Waals surface area contributed by atoms with E-state index in [2.05, 4.69) is 5.16 Å². The summed E-state index contributed by atoms with van der Waals surface area (Å²) in [6, 6.07) is 14.2. The fraction of sp³-hybridized carbons (Fsp3) is 0.125. The summed E-state index contributed by atoms with van der Waals surface area (Å²) in [5.74, 6) is 0.174. The Morgan fingerprint density at radius 3 is 2.76 bits per heavy atom. The summed E-state index contributed by atoms with van der Waals surface area (Å²) in [6.07, 6.45) is 0.590. The summed E-state index contributed by atoms with van der Waals surface area (Å²) >= 11 is 5.95. The SMILES string of the molecule is O=C(O/N=C1\CCOc2ccccc21)c1ccccc1Cl. The highest BCUT2D eigenvalue weighted by Crippen LogP contribution is 2.25. The van der Waals surface area contributed by atoms with Crippen LogP contribution in [0.25, 0.3) is 0 Å². The van der Waals surface area contributed by atoms with E-state index < -0.39 is 5.97 Å². The molecular weight excluding hydrogens is 290 g/mol. The second kappa shape index (κ2) is 5.97. The lowest BCUT2D eigenvalue weighted by Crippen LogP contribution is -2.17. The fourth-order valence-corrected chi connectivity index (χ4v) is 2.30. The summed E-state index contributed by atoms with van der Waals surface area (Å²) in [4.78, 5) is 17.0. The number of hydrogen-bond acceptors (Lipinski definition) is 4. The molecule has 2 aromatic carbocycles. The van der Waals surface area contributed by atoms with Gasteiger partial charge in [-0.05, 0) is 24.3 Å². The van der Waals surface area contributed by atoms with Crippen LogP contribution in [0, 0.1) is 0 Å². The molecule has 0 saturated carbocycles. The van der Waals surface area contributed by atoms with Crippen molar-refractivity contribution in [2.24, 2.45) is 5.16 Å². The number of para-hydroxylation sites is 1. The minimum Gasteiger partial charge on any atom is -0.492 e. The van der Waals surface area contributed by atoms with Crippen LogP contribution in [-0.2, 0) is 4.84 Å². The zero-order chi connectivity index (χ0) is 14.7. The van der Waals surface area contributed by atoms with Crippen molar-refractivity contribution in [1.82, 2.24) is 0 Å². The van der Waals surface area contributed by atoms with E-state index in [1.807, 2.05) is 24.3 Å². The Kier molecular flexibility index (Phi) is 3.88. The second-order valence-corrected chi connectivity index (χ2v) is 4.90. The maximum absolute atomic E-state index is 12.0. The van der Waals surface area contributed by atoms with Gasteiger partial charge < -0.3 is 9.57 Å². The van der Waals surface area contributed by atoms with Gasteiger partial charge in [-0.1, -0.05) is 41.0 Å². The Labute approximate surface area is 126 Å². The van der Waals surface area contributed by atoms with Crippen LogP contribution in [0.1, 0.15) is 22.3 Å². The molecule has 4 nitrogen and oxygen atoms in total. The summed E-state index contributed by atoms with van der Waals surface area (Å²) in [6.45, 7) is 0.513. The van der Waals surface area contributed by atoms with E-state index in [-0.39, 0.29) is 0 Å². The topological polar surface area (TPSA) is 47.9 Å². The van der Waals surface area contributed by atoms with Gasteiger partial charge >= 0.3 is 5.97 Å². The Hall–Kier alpha value is -2.33. The number of carbonyl (C=O) groups is 1. The first kappa shape index (κ1) is 13.6. The molecule has 2 aromatic rings. The molecule has 0 unspecified atom stereocenters. The minimum atomic E-state index is -0.572. The lowest BCUT2D eigenvalue weighted by molar-refractivity contribution is 0.0514. The average molecular weight is 302 g/mol. The third-order valence-electron chi connectivity index (χ3n) is 3.13. The molecule has 106 valence electrons. The number of hydrogen-bond donors (Lipinski definition) is 0. The van der Waals surface area contributed by atoms with Crippen LogP contribution in [0.3, 0.4) is 0 Å². The molecular formula is C16H12ClNO3. The Morgan fingerprint density at radius 2 is 1.90 bits per heavy atom. The lowest BCUT2D eigenvalue weighted by Gasteiger charge is -2.17. The van der Waals surface area contributed by atoms with Crippen LogP contribution in [0.5, 0.6) is 5.75 Å². The maximum atomic E-state index is 12.0. The van der Waals surface area contributed by atoms with Crippen LogP contribution < -0.4 is 4.74 Å². The largest absolute Gasteiger partial charge is 0.492 e. The zero-order valence-corrected chi connectivity index (χ0v) is 11.8. The van der Waals surface area contributed by atoms with Gasteiger partial charge in [0.1, 0.15) is 5.75 Å². The molecule has 0 aliphatic carbocycles. The van der Waals surface area contributed by atoms with Crippen molar-refractivity contribution in [3.63, 3.8) is 0 Å². The Morgan fingerprint density at radius 1 is 1.14 bits per heavy atom. The van der Waals surface area contributed by atoms with Gasteiger partial charge in [0.15, 0.2) is 0 Å². The smallest absolute Gasteiger partial charge is 0.367 e. The summed E-state index contributed by atoms with van der Waals surface area (Å²) in [5, 5.41) is 4.31. The van der Waals surface area contributed by atoms with Gasteiger partial charge in [-0.3, -0.25) is 0 Å². The molecule has 21 heavy (non-hydrogen) atoms. The highest BCUT2D eigenvalue weighted by molar-refractivity contribution is 6.33. The third-order valence-corrected chi connectivity index (χ3v) is 3.46. The number of rotatable bonds is 2. The summed E-state index contributed by atoms with van der Waals surface area (Å²) in [7, 11) is 0. The van der Waals surface area contributed by atoms with Crippen molar-refractivity contribution in [2.75, 3.05) is 6.61 Å². The Balaban J connectivity index is 1.82. The first-order valence-electron chi connectivity index (χ1n) is 6.50. The molecule has 1 aliphatic rings. The first-order chi connectivity index (χ1) is 10.3. The van der Waals surface area contributed by atoms with Crippen molar-refractivity contribution in [2.45, 2.75) is 6.42 Å². The lowest BCUT2D eigenvalue weighted by atomic mass is 10.0. The predicted molar refractivity (Wildman–Crippen MR) is 80.0 cm³/mol. The normalized spacial score (nSPS) is 15.2. The molecule has 5 heteroatoms. The third kappa shape index (κ3) is 2.90. The molecule has 0 bridgehead atoms. The Bertz CT molecular complexity index is 712. The maximum Gasteiger partial charge on any atom is 0.367 e. The van der Waals surface area contributed by atoms with Crippen LogP contribution in [0.4, 0.5) is 0 Å². The second-order valence-electron chi connectivity index (χ2n) is 4.49. The van der Waals surface area contributed by atoms with Crippen molar-refractivity contribution in [3.05, 3.63) is 64.7 Å².